The molecule has 0 radical (unpaired) electrons. The van der Waals surface area contributed by atoms with Crippen LogP contribution >= 0.6 is 31.9 Å². The molecule has 0 aliphatic rings. The van der Waals surface area contributed by atoms with Crippen LogP contribution in [0.3, 0.4) is 0 Å². The molecule has 1 atom stereocenters. The largest absolute Gasteiger partial charge is 0.497 e. The summed E-state index contributed by atoms with van der Waals surface area (Å²) >= 11 is 6.58. The monoisotopic (exact) mass is 320 g/mol. The summed E-state index contributed by atoms with van der Waals surface area (Å²) in [4.78, 5) is 11.5. The number of methoxy groups -OCH3 is 1. The number of carbonyl (C=O) groups excluding carboxylic acids is 1. The zero-order chi connectivity index (χ0) is 10.7. The molecule has 0 spiro atoms. The van der Waals surface area contributed by atoms with E-state index < -0.39 is 0 Å². The number of carbonyl (C=O) groups is 1. The van der Waals surface area contributed by atoms with E-state index in [1.807, 2.05) is 0 Å². The standard InChI is InChI=1S/C10H10Br2O2/c1-6(11)10(13)8-4-3-7(14-2)5-9(8)12/h3-6H,1-2H3. The third-order valence-electron chi connectivity index (χ3n) is 1.80. The van der Waals surface area contributed by atoms with Gasteiger partial charge in [0.05, 0.1) is 11.9 Å². The van der Waals surface area contributed by atoms with Gasteiger partial charge in [-0.25, -0.2) is 0 Å². The van der Waals surface area contributed by atoms with E-state index in [-0.39, 0.29) is 10.6 Å². The molecule has 1 aromatic rings. The lowest BCUT2D eigenvalue weighted by Gasteiger charge is -2.07. The van der Waals surface area contributed by atoms with Gasteiger partial charge in [0.2, 0.25) is 0 Å². The van der Waals surface area contributed by atoms with E-state index >= 15 is 0 Å². The summed E-state index contributed by atoms with van der Waals surface area (Å²) in [6, 6.07) is 5.30. The molecule has 0 fully saturated rings. The highest BCUT2D eigenvalue weighted by atomic mass is 79.9. The van der Waals surface area contributed by atoms with Crippen LogP contribution in [-0.4, -0.2) is 17.7 Å². The van der Waals surface area contributed by atoms with E-state index in [1.165, 1.54) is 0 Å². The second-order valence-corrected chi connectivity index (χ2v) is 5.05. The SMILES string of the molecule is COc1ccc(C(=O)C(C)Br)c(Br)c1. The first-order valence-corrected chi connectivity index (χ1v) is 5.79. The highest BCUT2D eigenvalue weighted by Gasteiger charge is 2.15. The fourth-order valence-corrected chi connectivity index (χ4v) is 1.84. The highest BCUT2D eigenvalue weighted by molar-refractivity contribution is 9.10. The van der Waals surface area contributed by atoms with Gasteiger partial charge in [0.25, 0.3) is 0 Å². The van der Waals surface area contributed by atoms with Gasteiger partial charge in [0, 0.05) is 10.0 Å². The van der Waals surface area contributed by atoms with Gasteiger partial charge in [-0.05, 0) is 41.1 Å². The maximum Gasteiger partial charge on any atom is 0.177 e. The summed E-state index contributed by atoms with van der Waals surface area (Å²) in [5, 5.41) is 0. The Balaban J connectivity index is 3.06. The lowest BCUT2D eigenvalue weighted by molar-refractivity contribution is 0.0995. The summed E-state index contributed by atoms with van der Waals surface area (Å²) in [6.45, 7) is 1.80. The van der Waals surface area contributed by atoms with Crippen LogP contribution in [0.5, 0.6) is 5.75 Å². The van der Waals surface area contributed by atoms with Crippen molar-refractivity contribution < 1.29 is 9.53 Å². The van der Waals surface area contributed by atoms with Gasteiger partial charge in [-0.15, -0.1) is 0 Å². The molecule has 0 saturated carbocycles. The molecule has 1 rings (SSSR count). The Morgan fingerprint density at radius 1 is 1.50 bits per heavy atom. The Hall–Kier alpha value is -0.350. The van der Waals surface area contributed by atoms with Gasteiger partial charge in [0.15, 0.2) is 5.78 Å². The molecule has 0 saturated heterocycles. The topological polar surface area (TPSA) is 26.3 Å². The van der Waals surface area contributed by atoms with E-state index in [2.05, 4.69) is 31.9 Å². The molecule has 0 amide bonds. The minimum Gasteiger partial charge on any atom is -0.497 e. The number of hydrogen-bond acceptors (Lipinski definition) is 2. The molecule has 4 heteroatoms. The van der Waals surface area contributed by atoms with Gasteiger partial charge in [-0.1, -0.05) is 15.9 Å². The Labute approximate surface area is 99.9 Å². The molecule has 0 aliphatic heterocycles. The Bertz CT molecular complexity index is 348. The van der Waals surface area contributed by atoms with Crippen molar-refractivity contribution in [3.05, 3.63) is 28.2 Å². The third kappa shape index (κ3) is 2.58. The lowest BCUT2D eigenvalue weighted by Crippen LogP contribution is -2.10. The number of alkyl halides is 1. The molecule has 0 aromatic heterocycles. The number of benzene rings is 1. The molecule has 1 unspecified atom stereocenters. The van der Waals surface area contributed by atoms with E-state index in [1.54, 1.807) is 32.2 Å². The highest BCUT2D eigenvalue weighted by Crippen LogP contribution is 2.25. The molecule has 0 heterocycles. The molecule has 14 heavy (non-hydrogen) atoms. The van der Waals surface area contributed by atoms with Crippen molar-refractivity contribution in [2.24, 2.45) is 0 Å². The summed E-state index contributed by atoms with van der Waals surface area (Å²) < 4.78 is 5.79. The first-order chi connectivity index (χ1) is 6.56. The number of ketones is 1. The molecule has 1 aromatic carbocycles. The van der Waals surface area contributed by atoms with Crippen LogP contribution in [0.25, 0.3) is 0 Å². The quantitative estimate of drug-likeness (QED) is 0.630. The predicted molar refractivity (Wildman–Crippen MR) is 63.4 cm³/mol. The molecule has 76 valence electrons. The number of ether oxygens (including phenoxy) is 1. The second kappa shape index (κ2) is 4.94. The predicted octanol–water partition coefficient (Wildman–Crippen LogP) is 3.42. The molecule has 2 nitrogen and oxygen atoms in total. The molecular weight excluding hydrogens is 312 g/mol. The van der Waals surface area contributed by atoms with E-state index in [4.69, 9.17) is 4.74 Å². The average Bonchev–Trinajstić information content (AvgIpc) is 2.16. The van der Waals surface area contributed by atoms with Crippen molar-refractivity contribution in [1.82, 2.24) is 0 Å². The van der Waals surface area contributed by atoms with Crippen LogP contribution in [0, 0.1) is 0 Å². The van der Waals surface area contributed by atoms with E-state index in [0.717, 1.165) is 10.2 Å². The van der Waals surface area contributed by atoms with Crippen molar-refractivity contribution in [3.8, 4) is 5.75 Å². The van der Waals surface area contributed by atoms with Crippen molar-refractivity contribution in [1.29, 1.82) is 0 Å². The van der Waals surface area contributed by atoms with Crippen molar-refractivity contribution >= 4 is 37.6 Å². The number of halogens is 2. The number of Topliss-reactive ketones (excluding diaryl/α,β-unsaturated/α-hetero) is 1. The summed E-state index contributed by atoms with van der Waals surface area (Å²) in [5.74, 6) is 0.787. The molecular formula is C10H10Br2O2. The Morgan fingerprint density at radius 2 is 2.14 bits per heavy atom. The fraction of sp³-hybridized carbons (Fsp3) is 0.300. The van der Waals surface area contributed by atoms with E-state index in [9.17, 15) is 4.79 Å². The number of hydrogen-bond donors (Lipinski definition) is 0. The van der Waals surface area contributed by atoms with Crippen molar-refractivity contribution in [3.63, 3.8) is 0 Å². The van der Waals surface area contributed by atoms with Crippen LogP contribution in [0.4, 0.5) is 0 Å². The Kier molecular flexibility index (Phi) is 4.13. The van der Waals surface area contributed by atoms with Gasteiger partial charge in [0.1, 0.15) is 5.75 Å². The number of rotatable bonds is 3. The molecule has 0 N–H and O–H groups in total. The third-order valence-corrected chi connectivity index (χ3v) is 2.87. The van der Waals surface area contributed by atoms with Gasteiger partial charge in [-0.2, -0.15) is 0 Å². The maximum absolute atomic E-state index is 11.6. The van der Waals surface area contributed by atoms with Crippen molar-refractivity contribution in [2.75, 3.05) is 7.11 Å². The van der Waals surface area contributed by atoms with Crippen LogP contribution < -0.4 is 4.74 Å². The summed E-state index contributed by atoms with van der Waals surface area (Å²) in [7, 11) is 1.59. The van der Waals surface area contributed by atoms with Crippen molar-refractivity contribution in [2.45, 2.75) is 11.8 Å². The second-order valence-electron chi connectivity index (χ2n) is 2.83. The minimum absolute atomic E-state index is 0.0551. The summed E-state index contributed by atoms with van der Waals surface area (Å²) in [6.07, 6.45) is 0. The van der Waals surface area contributed by atoms with Crippen LogP contribution in [0.2, 0.25) is 0 Å². The average molecular weight is 322 g/mol. The van der Waals surface area contributed by atoms with Gasteiger partial charge >= 0.3 is 0 Å². The van der Waals surface area contributed by atoms with Gasteiger partial charge < -0.3 is 4.74 Å². The van der Waals surface area contributed by atoms with Crippen LogP contribution in [0.15, 0.2) is 22.7 Å². The first kappa shape index (κ1) is 11.7. The molecule has 0 aliphatic carbocycles. The zero-order valence-corrected chi connectivity index (χ0v) is 11.1. The summed E-state index contributed by atoms with van der Waals surface area (Å²) in [5.41, 5.74) is 0.662. The van der Waals surface area contributed by atoms with E-state index in [0.29, 0.717) is 5.56 Å². The Morgan fingerprint density at radius 3 is 2.57 bits per heavy atom. The normalized spacial score (nSPS) is 12.3. The van der Waals surface area contributed by atoms with Gasteiger partial charge in [-0.3, -0.25) is 4.79 Å². The molecule has 0 bridgehead atoms. The maximum atomic E-state index is 11.6. The fourth-order valence-electron chi connectivity index (χ4n) is 1.04. The minimum atomic E-state index is -0.174. The van der Waals surface area contributed by atoms with Crippen LogP contribution in [0.1, 0.15) is 17.3 Å². The first-order valence-electron chi connectivity index (χ1n) is 4.08. The lowest BCUT2D eigenvalue weighted by atomic mass is 10.1. The zero-order valence-electron chi connectivity index (χ0n) is 7.88. The smallest absolute Gasteiger partial charge is 0.177 e. The van der Waals surface area contributed by atoms with Crippen LogP contribution in [-0.2, 0) is 0 Å².